The van der Waals surface area contributed by atoms with Crippen molar-refractivity contribution in [3.63, 3.8) is 0 Å². The maximum Gasteiger partial charge on any atom is 0.126 e. The van der Waals surface area contributed by atoms with Gasteiger partial charge in [-0.1, -0.05) is 18.6 Å². The third-order valence-electron chi connectivity index (χ3n) is 5.37. The van der Waals surface area contributed by atoms with Gasteiger partial charge in [-0.2, -0.15) is 0 Å². The molecule has 0 saturated heterocycles. The number of nitrogens with one attached hydrogen (secondary N) is 1. The van der Waals surface area contributed by atoms with E-state index in [9.17, 15) is 4.39 Å². The zero-order chi connectivity index (χ0) is 13.4. The maximum atomic E-state index is 13.7. The Morgan fingerprint density at radius 3 is 2.74 bits per heavy atom. The summed E-state index contributed by atoms with van der Waals surface area (Å²) >= 11 is 0. The molecule has 2 heteroatoms. The minimum Gasteiger partial charge on any atom is -0.313 e. The Kier molecular flexibility index (Phi) is 3.62. The second-order valence-corrected chi connectivity index (χ2v) is 6.52. The van der Waals surface area contributed by atoms with E-state index in [1.54, 1.807) is 6.07 Å². The Bertz CT molecular complexity index is 457. The molecular weight excluding hydrogens is 237 g/mol. The van der Waals surface area contributed by atoms with Gasteiger partial charge in [-0.15, -0.1) is 0 Å². The highest BCUT2D eigenvalue weighted by Crippen LogP contribution is 2.50. The monoisotopic (exact) mass is 261 g/mol. The van der Waals surface area contributed by atoms with Crippen LogP contribution in [-0.4, -0.2) is 7.05 Å². The van der Waals surface area contributed by atoms with Crippen LogP contribution in [0.1, 0.15) is 49.3 Å². The Balaban J connectivity index is 1.71. The summed E-state index contributed by atoms with van der Waals surface area (Å²) in [5.41, 5.74) is 1.84. The van der Waals surface area contributed by atoms with Crippen LogP contribution in [0.25, 0.3) is 0 Å². The molecular formula is C17H24FN. The molecule has 2 aliphatic rings. The van der Waals surface area contributed by atoms with Crippen molar-refractivity contribution < 1.29 is 4.39 Å². The molecule has 1 aromatic carbocycles. The SMILES string of the molecule is CNC(CC1CC2CCC1C2)c1ccc(C)c(F)c1. The molecule has 0 aromatic heterocycles. The first-order chi connectivity index (χ1) is 9.17. The molecule has 3 rings (SSSR count). The van der Waals surface area contributed by atoms with E-state index in [1.807, 2.05) is 20.0 Å². The number of fused-ring (bicyclic) bond motifs is 2. The molecule has 0 heterocycles. The summed E-state index contributed by atoms with van der Waals surface area (Å²) in [6.07, 6.45) is 6.89. The summed E-state index contributed by atoms with van der Waals surface area (Å²) in [5.74, 6) is 2.70. The lowest BCUT2D eigenvalue weighted by molar-refractivity contribution is 0.284. The molecule has 2 aliphatic carbocycles. The molecule has 1 nitrogen and oxygen atoms in total. The molecule has 0 amide bonds. The minimum atomic E-state index is -0.0781. The Morgan fingerprint density at radius 1 is 1.32 bits per heavy atom. The zero-order valence-electron chi connectivity index (χ0n) is 12.0. The van der Waals surface area contributed by atoms with E-state index in [1.165, 1.54) is 32.1 Å². The van der Waals surface area contributed by atoms with Crippen molar-refractivity contribution in [1.82, 2.24) is 5.32 Å². The summed E-state index contributed by atoms with van der Waals surface area (Å²) < 4.78 is 13.7. The van der Waals surface area contributed by atoms with Crippen LogP contribution in [0.5, 0.6) is 0 Å². The third kappa shape index (κ3) is 2.55. The van der Waals surface area contributed by atoms with Gasteiger partial charge in [-0.05, 0) is 74.6 Å². The molecule has 19 heavy (non-hydrogen) atoms. The van der Waals surface area contributed by atoms with Crippen molar-refractivity contribution in [3.8, 4) is 0 Å². The van der Waals surface area contributed by atoms with Crippen LogP contribution in [0.2, 0.25) is 0 Å². The third-order valence-corrected chi connectivity index (χ3v) is 5.37. The van der Waals surface area contributed by atoms with E-state index in [0.29, 0.717) is 6.04 Å². The lowest BCUT2D eigenvalue weighted by atomic mass is 9.82. The van der Waals surface area contributed by atoms with Gasteiger partial charge in [0.25, 0.3) is 0 Å². The van der Waals surface area contributed by atoms with Gasteiger partial charge in [0.15, 0.2) is 0 Å². The van der Waals surface area contributed by atoms with Crippen LogP contribution < -0.4 is 5.32 Å². The van der Waals surface area contributed by atoms with Crippen LogP contribution in [-0.2, 0) is 0 Å². The van der Waals surface area contributed by atoms with Crippen molar-refractivity contribution in [2.75, 3.05) is 7.05 Å². The molecule has 0 spiro atoms. The summed E-state index contributed by atoms with van der Waals surface area (Å²) in [5, 5.41) is 3.38. The van der Waals surface area contributed by atoms with E-state index in [0.717, 1.165) is 28.9 Å². The van der Waals surface area contributed by atoms with Gasteiger partial charge in [0.05, 0.1) is 0 Å². The Morgan fingerprint density at radius 2 is 2.16 bits per heavy atom. The molecule has 2 bridgehead atoms. The quantitative estimate of drug-likeness (QED) is 0.855. The van der Waals surface area contributed by atoms with Gasteiger partial charge in [-0.3, -0.25) is 0 Å². The van der Waals surface area contributed by atoms with Crippen LogP contribution in [0.3, 0.4) is 0 Å². The number of hydrogen-bond donors (Lipinski definition) is 1. The smallest absolute Gasteiger partial charge is 0.126 e. The van der Waals surface area contributed by atoms with Crippen LogP contribution in [0, 0.1) is 30.5 Å². The number of benzene rings is 1. The van der Waals surface area contributed by atoms with Crippen molar-refractivity contribution in [3.05, 3.63) is 35.1 Å². The van der Waals surface area contributed by atoms with Gasteiger partial charge in [0, 0.05) is 6.04 Å². The lowest BCUT2D eigenvalue weighted by Crippen LogP contribution is -2.22. The fourth-order valence-corrected chi connectivity index (χ4v) is 4.21. The number of hydrogen-bond acceptors (Lipinski definition) is 1. The standard InChI is InChI=1S/C17H24FN/c1-11-3-5-14(9-16(11)18)17(19-2)10-15-8-12-4-6-13(15)7-12/h3,5,9,12-13,15,17,19H,4,6-8,10H2,1-2H3. The number of rotatable bonds is 4. The average Bonchev–Trinajstić information content (AvgIpc) is 3.01. The topological polar surface area (TPSA) is 12.0 Å². The zero-order valence-corrected chi connectivity index (χ0v) is 12.0. The normalized spacial score (nSPS) is 30.8. The Labute approximate surface area is 115 Å². The van der Waals surface area contributed by atoms with Crippen molar-refractivity contribution in [2.45, 2.75) is 45.1 Å². The van der Waals surface area contributed by atoms with E-state index >= 15 is 0 Å². The highest BCUT2D eigenvalue weighted by Gasteiger charge is 2.40. The fourth-order valence-electron chi connectivity index (χ4n) is 4.21. The van der Waals surface area contributed by atoms with Gasteiger partial charge in [-0.25, -0.2) is 4.39 Å². The van der Waals surface area contributed by atoms with Crippen molar-refractivity contribution >= 4 is 0 Å². The van der Waals surface area contributed by atoms with E-state index in [2.05, 4.69) is 11.4 Å². The summed E-state index contributed by atoms with van der Waals surface area (Å²) in [6, 6.07) is 5.99. The van der Waals surface area contributed by atoms with E-state index in [4.69, 9.17) is 0 Å². The second kappa shape index (κ2) is 5.24. The first kappa shape index (κ1) is 13.1. The second-order valence-electron chi connectivity index (χ2n) is 6.52. The average molecular weight is 261 g/mol. The molecule has 1 aromatic rings. The van der Waals surface area contributed by atoms with Gasteiger partial charge in [0.1, 0.15) is 5.82 Å². The number of halogens is 1. The highest BCUT2D eigenvalue weighted by molar-refractivity contribution is 5.26. The maximum absolute atomic E-state index is 13.7. The van der Waals surface area contributed by atoms with E-state index in [-0.39, 0.29) is 5.82 Å². The van der Waals surface area contributed by atoms with Crippen molar-refractivity contribution in [2.24, 2.45) is 17.8 Å². The van der Waals surface area contributed by atoms with Gasteiger partial charge in [0.2, 0.25) is 0 Å². The highest BCUT2D eigenvalue weighted by atomic mass is 19.1. The first-order valence-corrected chi connectivity index (χ1v) is 7.60. The number of aryl methyl sites for hydroxylation is 1. The summed E-state index contributed by atoms with van der Waals surface area (Å²) in [7, 11) is 2.00. The first-order valence-electron chi connectivity index (χ1n) is 7.60. The molecule has 0 aliphatic heterocycles. The molecule has 0 radical (unpaired) electrons. The predicted molar refractivity (Wildman–Crippen MR) is 76.5 cm³/mol. The molecule has 2 fully saturated rings. The molecule has 104 valence electrons. The Hall–Kier alpha value is -0.890. The summed E-state index contributed by atoms with van der Waals surface area (Å²) in [4.78, 5) is 0. The molecule has 4 unspecified atom stereocenters. The predicted octanol–water partition coefficient (Wildman–Crippen LogP) is 4.22. The van der Waals surface area contributed by atoms with Gasteiger partial charge >= 0.3 is 0 Å². The largest absolute Gasteiger partial charge is 0.313 e. The minimum absolute atomic E-state index is 0.0781. The van der Waals surface area contributed by atoms with Gasteiger partial charge < -0.3 is 5.32 Å². The molecule has 2 saturated carbocycles. The van der Waals surface area contributed by atoms with Crippen molar-refractivity contribution in [1.29, 1.82) is 0 Å². The summed E-state index contributed by atoms with van der Waals surface area (Å²) in [6.45, 7) is 1.82. The van der Waals surface area contributed by atoms with Crippen LogP contribution in [0.4, 0.5) is 4.39 Å². The fraction of sp³-hybridized carbons (Fsp3) is 0.647. The van der Waals surface area contributed by atoms with Crippen LogP contribution in [0.15, 0.2) is 18.2 Å². The van der Waals surface area contributed by atoms with Crippen LogP contribution >= 0.6 is 0 Å². The lowest BCUT2D eigenvalue weighted by Gasteiger charge is -2.27. The molecule has 1 N–H and O–H groups in total. The van der Waals surface area contributed by atoms with E-state index < -0.39 is 0 Å². The molecule has 4 atom stereocenters.